The Morgan fingerprint density at radius 2 is 1.76 bits per heavy atom. The Kier molecular flexibility index (Phi) is 8.05. The maximum atomic E-state index is 12.6. The van der Waals surface area contributed by atoms with Gasteiger partial charge in [-0.1, -0.05) is 36.4 Å². The van der Waals surface area contributed by atoms with Gasteiger partial charge < -0.3 is 19.7 Å². The van der Waals surface area contributed by atoms with E-state index in [1.165, 1.54) is 18.3 Å². The van der Waals surface area contributed by atoms with Gasteiger partial charge in [0, 0.05) is 0 Å². The number of hydrogen-bond acceptors (Lipinski definition) is 6. The molecule has 4 rings (SSSR count). The number of carboxylic acids is 1. The van der Waals surface area contributed by atoms with Crippen LogP contribution in [0.4, 0.5) is 0 Å². The molecule has 0 radical (unpaired) electrons. The van der Waals surface area contributed by atoms with Crippen molar-refractivity contribution >= 4 is 44.8 Å². The van der Waals surface area contributed by atoms with E-state index in [9.17, 15) is 19.8 Å². The van der Waals surface area contributed by atoms with Crippen LogP contribution < -0.4 is 14.9 Å². The molecule has 8 nitrogen and oxygen atoms in total. The van der Waals surface area contributed by atoms with E-state index in [1.807, 2.05) is 31.2 Å². The highest BCUT2D eigenvalue weighted by atomic mass is 79.9. The van der Waals surface area contributed by atoms with Crippen LogP contribution in [0.15, 0.2) is 82.4 Å². The Hall–Kier alpha value is -4.37. The number of carbonyl (C=O) groups excluding carboxylic acids is 1. The van der Waals surface area contributed by atoms with Crippen LogP contribution in [0.1, 0.15) is 38.8 Å². The smallest absolute Gasteiger partial charge is 0.335 e. The first-order chi connectivity index (χ1) is 17.9. The lowest BCUT2D eigenvalue weighted by Crippen LogP contribution is -2.17. The molecule has 37 heavy (non-hydrogen) atoms. The first kappa shape index (κ1) is 25.7. The fourth-order valence-electron chi connectivity index (χ4n) is 3.65. The number of nitrogens with one attached hydrogen (secondary N) is 1. The zero-order valence-electron chi connectivity index (χ0n) is 19.8. The Labute approximate surface area is 221 Å². The van der Waals surface area contributed by atoms with Crippen molar-refractivity contribution in [3.05, 3.63) is 99.5 Å². The number of phenolic OH excluding ortho intramolecular Hbond substituents is 1. The second-order valence-corrected chi connectivity index (χ2v) is 8.83. The van der Waals surface area contributed by atoms with Crippen molar-refractivity contribution in [2.24, 2.45) is 5.10 Å². The minimum Gasteiger partial charge on any atom is -0.507 e. The van der Waals surface area contributed by atoms with Crippen LogP contribution in [0.3, 0.4) is 0 Å². The van der Waals surface area contributed by atoms with Gasteiger partial charge in [0.15, 0.2) is 11.5 Å². The second-order valence-electron chi connectivity index (χ2n) is 7.97. The molecular weight excluding hydrogens is 540 g/mol. The Morgan fingerprint density at radius 3 is 2.49 bits per heavy atom. The quantitative estimate of drug-likeness (QED) is 0.176. The van der Waals surface area contributed by atoms with Gasteiger partial charge in [-0.2, -0.15) is 5.10 Å². The lowest BCUT2D eigenvalue weighted by atomic mass is 10.1. The molecule has 3 N–H and O–H groups in total. The number of benzene rings is 4. The molecule has 0 bridgehead atoms. The molecule has 0 aliphatic rings. The van der Waals surface area contributed by atoms with Crippen LogP contribution in [0.2, 0.25) is 0 Å². The van der Waals surface area contributed by atoms with Crippen LogP contribution in [0.5, 0.6) is 17.2 Å². The average Bonchev–Trinajstić information content (AvgIpc) is 2.88. The van der Waals surface area contributed by atoms with E-state index in [1.54, 1.807) is 36.4 Å². The summed E-state index contributed by atoms with van der Waals surface area (Å²) in [5.41, 5.74) is 4.04. The van der Waals surface area contributed by atoms with Crippen LogP contribution in [-0.2, 0) is 6.61 Å². The molecule has 0 saturated carbocycles. The SMILES string of the molecule is CCOc1cc(C=NNC(=O)c2cc3ccccc3cc2O)cc(Br)c1OCc1cccc(C(=O)O)c1. The van der Waals surface area contributed by atoms with Crippen molar-refractivity contribution in [1.82, 2.24) is 5.43 Å². The minimum absolute atomic E-state index is 0.114. The predicted molar refractivity (Wildman–Crippen MR) is 144 cm³/mol. The number of aromatic carboxylic acids is 1. The molecule has 9 heteroatoms. The monoisotopic (exact) mass is 562 g/mol. The molecule has 0 fully saturated rings. The number of amides is 1. The van der Waals surface area contributed by atoms with Gasteiger partial charge >= 0.3 is 5.97 Å². The minimum atomic E-state index is -1.01. The van der Waals surface area contributed by atoms with Gasteiger partial charge in [0.2, 0.25) is 0 Å². The van der Waals surface area contributed by atoms with Crippen LogP contribution in [-0.4, -0.2) is 34.9 Å². The number of fused-ring (bicyclic) bond motifs is 1. The van der Waals surface area contributed by atoms with Crippen molar-refractivity contribution in [3.63, 3.8) is 0 Å². The number of phenols is 1. The molecule has 4 aromatic carbocycles. The van der Waals surface area contributed by atoms with Crippen LogP contribution in [0.25, 0.3) is 10.8 Å². The van der Waals surface area contributed by atoms with E-state index in [4.69, 9.17) is 9.47 Å². The normalized spacial score (nSPS) is 11.0. The summed E-state index contributed by atoms with van der Waals surface area (Å²) in [6, 6.07) is 20.5. The molecule has 0 aromatic heterocycles. The zero-order valence-corrected chi connectivity index (χ0v) is 21.4. The molecule has 0 heterocycles. The Balaban J connectivity index is 1.49. The number of carbonyl (C=O) groups is 2. The van der Waals surface area contributed by atoms with Crippen molar-refractivity contribution in [2.45, 2.75) is 13.5 Å². The summed E-state index contributed by atoms with van der Waals surface area (Å²) in [4.78, 5) is 23.8. The molecule has 4 aromatic rings. The molecular formula is C28H23BrN2O6. The molecule has 1 amide bonds. The molecule has 0 aliphatic heterocycles. The fourth-order valence-corrected chi connectivity index (χ4v) is 4.23. The zero-order chi connectivity index (χ0) is 26.4. The number of hydrogen-bond donors (Lipinski definition) is 3. The number of halogens is 1. The van der Waals surface area contributed by atoms with Crippen LogP contribution >= 0.6 is 15.9 Å². The number of carboxylic acid groups (broad SMARTS) is 1. The lowest BCUT2D eigenvalue weighted by Gasteiger charge is -2.15. The highest BCUT2D eigenvalue weighted by Gasteiger charge is 2.14. The van der Waals surface area contributed by atoms with Gasteiger partial charge in [-0.05, 0) is 81.2 Å². The van der Waals surface area contributed by atoms with Gasteiger partial charge in [0.1, 0.15) is 12.4 Å². The van der Waals surface area contributed by atoms with Crippen molar-refractivity contribution in [1.29, 1.82) is 0 Å². The third-order valence-corrected chi connectivity index (χ3v) is 5.97. The van der Waals surface area contributed by atoms with E-state index in [2.05, 4.69) is 26.5 Å². The van der Waals surface area contributed by atoms with Gasteiger partial charge in [-0.15, -0.1) is 0 Å². The summed E-state index contributed by atoms with van der Waals surface area (Å²) in [6.07, 6.45) is 1.45. The largest absolute Gasteiger partial charge is 0.507 e. The van der Waals surface area contributed by atoms with E-state index in [0.717, 1.165) is 10.8 Å². The molecule has 0 saturated heterocycles. The van der Waals surface area contributed by atoms with E-state index >= 15 is 0 Å². The van der Waals surface area contributed by atoms with Gasteiger partial charge in [-0.25, -0.2) is 10.2 Å². The molecule has 0 unspecified atom stereocenters. The highest BCUT2D eigenvalue weighted by molar-refractivity contribution is 9.10. The topological polar surface area (TPSA) is 117 Å². The van der Waals surface area contributed by atoms with Crippen molar-refractivity contribution in [2.75, 3.05) is 6.61 Å². The average molecular weight is 563 g/mol. The Bertz CT molecular complexity index is 1500. The van der Waals surface area contributed by atoms with E-state index < -0.39 is 11.9 Å². The summed E-state index contributed by atoms with van der Waals surface area (Å²) < 4.78 is 12.3. The summed E-state index contributed by atoms with van der Waals surface area (Å²) >= 11 is 3.49. The summed E-state index contributed by atoms with van der Waals surface area (Å²) in [7, 11) is 0. The molecule has 0 atom stereocenters. The number of nitrogens with zero attached hydrogens (tertiary/aromatic N) is 1. The number of ether oxygens (including phenoxy) is 2. The maximum Gasteiger partial charge on any atom is 0.335 e. The second kappa shape index (κ2) is 11.6. The molecule has 0 spiro atoms. The van der Waals surface area contributed by atoms with Crippen molar-refractivity contribution in [3.8, 4) is 17.2 Å². The summed E-state index contributed by atoms with van der Waals surface area (Å²) in [5, 5.41) is 25.1. The van der Waals surface area contributed by atoms with Crippen LogP contribution in [0, 0.1) is 0 Å². The van der Waals surface area contributed by atoms with E-state index in [0.29, 0.717) is 33.7 Å². The predicted octanol–water partition coefficient (Wildman–Crippen LogP) is 5.75. The van der Waals surface area contributed by atoms with Crippen molar-refractivity contribution < 1.29 is 29.3 Å². The number of rotatable bonds is 9. The third-order valence-electron chi connectivity index (χ3n) is 5.38. The maximum absolute atomic E-state index is 12.6. The highest BCUT2D eigenvalue weighted by Crippen LogP contribution is 2.37. The van der Waals surface area contributed by atoms with Gasteiger partial charge in [0.25, 0.3) is 5.91 Å². The third kappa shape index (κ3) is 6.25. The van der Waals surface area contributed by atoms with E-state index in [-0.39, 0.29) is 23.5 Å². The lowest BCUT2D eigenvalue weighted by molar-refractivity contribution is 0.0696. The Morgan fingerprint density at radius 1 is 1.00 bits per heavy atom. The standard InChI is InChI=1S/C28H23BrN2O6/c1-2-36-25-12-18(11-23(29)26(25)37-16-17-6-5-9-21(10-17)28(34)35)15-30-31-27(33)22-13-19-7-3-4-8-20(19)14-24(22)32/h3-15,32H,2,16H2,1H3,(H,31,33)(H,34,35). The summed E-state index contributed by atoms with van der Waals surface area (Å²) in [6.45, 7) is 2.36. The number of hydrazone groups is 1. The molecule has 0 aliphatic carbocycles. The van der Waals surface area contributed by atoms with Gasteiger partial charge in [-0.3, -0.25) is 4.79 Å². The fraction of sp³-hybridized carbons (Fsp3) is 0.107. The van der Waals surface area contributed by atoms with Gasteiger partial charge in [0.05, 0.1) is 28.4 Å². The summed E-state index contributed by atoms with van der Waals surface area (Å²) in [5.74, 6) is -0.795. The number of aromatic hydroxyl groups is 1. The first-order valence-corrected chi connectivity index (χ1v) is 12.1. The molecule has 188 valence electrons. The first-order valence-electron chi connectivity index (χ1n) is 11.3.